The van der Waals surface area contributed by atoms with Crippen molar-refractivity contribution < 1.29 is 9.53 Å². The number of alkyl carbamates (subject to hydrolysis) is 1. The second kappa shape index (κ2) is 6.84. The summed E-state index contributed by atoms with van der Waals surface area (Å²) in [5.74, 6) is 0. The van der Waals surface area contributed by atoms with E-state index >= 15 is 0 Å². The van der Waals surface area contributed by atoms with Crippen LogP contribution in [0.15, 0.2) is 30.3 Å². The molecule has 24 heavy (non-hydrogen) atoms. The average molecular weight is 323 g/mol. The summed E-state index contributed by atoms with van der Waals surface area (Å²) in [7, 11) is 0. The Hall–Kier alpha value is -3.32. The van der Waals surface area contributed by atoms with Crippen LogP contribution in [0.4, 0.5) is 4.79 Å². The van der Waals surface area contributed by atoms with E-state index in [2.05, 4.69) is 10.4 Å². The summed E-state index contributed by atoms with van der Waals surface area (Å²) in [6.07, 6.45) is -0.482. The first kappa shape index (κ1) is 17.0. The summed E-state index contributed by atoms with van der Waals surface area (Å²) in [5.41, 5.74) is 1.46. The zero-order valence-electron chi connectivity index (χ0n) is 13.7. The Morgan fingerprint density at radius 2 is 1.92 bits per heavy atom. The Morgan fingerprint density at radius 1 is 1.25 bits per heavy atom. The van der Waals surface area contributed by atoms with Crippen molar-refractivity contribution in [1.82, 2.24) is 15.1 Å². The van der Waals surface area contributed by atoms with E-state index in [-0.39, 0.29) is 11.4 Å². The Kier molecular flexibility index (Phi) is 4.86. The zero-order valence-corrected chi connectivity index (χ0v) is 13.7. The molecule has 122 valence electrons. The van der Waals surface area contributed by atoms with Crippen molar-refractivity contribution in [2.75, 3.05) is 0 Å². The molecule has 0 bridgehead atoms. The zero-order chi connectivity index (χ0) is 17.7. The number of benzene rings is 1. The van der Waals surface area contributed by atoms with E-state index in [0.717, 1.165) is 5.56 Å². The fourth-order valence-electron chi connectivity index (χ4n) is 1.96. The van der Waals surface area contributed by atoms with E-state index in [0.29, 0.717) is 12.2 Å². The van der Waals surface area contributed by atoms with Gasteiger partial charge in [0.25, 0.3) is 0 Å². The number of hydrogen-bond donors (Lipinski definition) is 1. The average Bonchev–Trinajstić information content (AvgIpc) is 2.95. The minimum absolute atomic E-state index is 0.183. The van der Waals surface area contributed by atoms with Crippen molar-refractivity contribution in [3.63, 3.8) is 0 Å². The number of amides is 1. The van der Waals surface area contributed by atoms with Crippen LogP contribution in [0.5, 0.6) is 0 Å². The van der Waals surface area contributed by atoms with Crippen LogP contribution in [0.2, 0.25) is 0 Å². The molecule has 2 aromatic rings. The lowest BCUT2D eigenvalue weighted by molar-refractivity contribution is 0.0523. The van der Waals surface area contributed by atoms with Gasteiger partial charge in [0.05, 0.1) is 5.69 Å². The quantitative estimate of drug-likeness (QED) is 0.935. The molecule has 0 radical (unpaired) electrons. The number of hydrogen-bond acceptors (Lipinski definition) is 5. The van der Waals surface area contributed by atoms with Gasteiger partial charge in [-0.2, -0.15) is 15.6 Å². The third-order valence-electron chi connectivity index (χ3n) is 2.96. The minimum atomic E-state index is -0.541. The summed E-state index contributed by atoms with van der Waals surface area (Å²) >= 11 is 0. The van der Waals surface area contributed by atoms with Crippen LogP contribution in [-0.2, 0) is 11.3 Å². The van der Waals surface area contributed by atoms with E-state index in [9.17, 15) is 4.79 Å². The highest BCUT2D eigenvalue weighted by molar-refractivity contribution is 5.67. The number of carbonyl (C=O) groups is 1. The predicted octanol–water partition coefficient (Wildman–Crippen LogP) is 2.64. The van der Waals surface area contributed by atoms with Crippen molar-refractivity contribution in [2.45, 2.75) is 32.9 Å². The fourth-order valence-corrected chi connectivity index (χ4v) is 1.96. The third kappa shape index (κ3) is 4.34. The summed E-state index contributed by atoms with van der Waals surface area (Å²) < 4.78 is 6.57. The highest BCUT2D eigenvalue weighted by Gasteiger charge is 2.15. The largest absolute Gasteiger partial charge is 0.444 e. The highest BCUT2D eigenvalue weighted by atomic mass is 16.6. The van der Waals surface area contributed by atoms with Crippen LogP contribution in [0, 0.1) is 22.7 Å². The van der Waals surface area contributed by atoms with Gasteiger partial charge in [-0.3, -0.25) is 0 Å². The minimum Gasteiger partial charge on any atom is -0.444 e. The van der Waals surface area contributed by atoms with Gasteiger partial charge in [0.1, 0.15) is 23.4 Å². The van der Waals surface area contributed by atoms with E-state index in [1.165, 1.54) is 10.7 Å². The molecule has 0 aliphatic heterocycles. The number of nitrogens with zero attached hydrogens (tertiary/aromatic N) is 4. The fraction of sp³-hybridized carbons (Fsp3) is 0.294. The van der Waals surface area contributed by atoms with Crippen molar-refractivity contribution >= 4 is 6.09 Å². The number of rotatable bonds is 3. The molecule has 1 N–H and O–H groups in total. The molecule has 0 saturated carbocycles. The molecule has 1 heterocycles. The number of nitriles is 2. The maximum Gasteiger partial charge on any atom is 0.407 e. The number of aromatic nitrogens is 2. The third-order valence-corrected chi connectivity index (χ3v) is 2.96. The molecule has 1 aromatic heterocycles. The molecular formula is C17H17N5O2. The first-order valence-electron chi connectivity index (χ1n) is 7.29. The van der Waals surface area contributed by atoms with Gasteiger partial charge in [-0.15, -0.1) is 0 Å². The summed E-state index contributed by atoms with van der Waals surface area (Å²) in [6.45, 7) is 5.72. The van der Waals surface area contributed by atoms with Gasteiger partial charge in [0, 0.05) is 12.6 Å². The maximum absolute atomic E-state index is 11.6. The van der Waals surface area contributed by atoms with Gasteiger partial charge in [-0.1, -0.05) is 12.1 Å². The number of carbonyl (C=O) groups excluding carboxylic acids is 1. The molecule has 0 aliphatic rings. The standard InChI is InChI=1S/C17H17N5O2/c1-17(2,3)24-16(23)20-11-12-4-6-14(7-5-12)22-15(10-19)8-13(9-18)21-22/h4-8H,11H2,1-3H3,(H,20,23). The van der Waals surface area contributed by atoms with Crippen LogP contribution in [0.3, 0.4) is 0 Å². The Labute approximate surface area is 140 Å². The molecule has 0 fully saturated rings. The van der Waals surface area contributed by atoms with Gasteiger partial charge in [0.15, 0.2) is 5.69 Å². The summed E-state index contributed by atoms with van der Waals surface area (Å²) in [6, 6.07) is 12.5. The summed E-state index contributed by atoms with van der Waals surface area (Å²) in [5, 5.41) is 24.7. The van der Waals surface area contributed by atoms with E-state index in [4.69, 9.17) is 15.3 Å². The highest BCUT2D eigenvalue weighted by Crippen LogP contribution is 2.13. The van der Waals surface area contributed by atoms with E-state index in [1.807, 2.05) is 24.3 Å². The first-order chi connectivity index (χ1) is 11.3. The lowest BCUT2D eigenvalue weighted by Gasteiger charge is -2.19. The molecule has 7 nitrogen and oxygen atoms in total. The molecule has 1 aromatic carbocycles. The first-order valence-corrected chi connectivity index (χ1v) is 7.29. The van der Waals surface area contributed by atoms with Gasteiger partial charge in [-0.05, 0) is 38.5 Å². The van der Waals surface area contributed by atoms with Crippen LogP contribution in [0.1, 0.15) is 37.7 Å². The van der Waals surface area contributed by atoms with Gasteiger partial charge < -0.3 is 10.1 Å². The predicted molar refractivity (Wildman–Crippen MR) is 86.1 cm³/mol. The molecule has 0 aliphatic carbocycles. The normalized spacial score (nSPS) is 10.5. The van der Waals surface area contributed by atoms with Crippen LogP contribution in [-0.4, -0.2) is 21.5 Å². The molecule has 1 amide bonds. The SMILES string of the molecule is CC(C)(C)OC(=O)NCc1ccc(-n2nc(C#N)cc2C#N)cc1. The molecule has 0 spiro atoms. The van der Waals surface area contributed by atoms with Crippen LogP contribution in [0.25, 0.3) is 5.69 Å². The van der Waals surface area contributed by atoms with Crippen molar-refractivity contribution in [3.05, 3.63) is 47.3 Å². The lowest BCUT2D eigenvalue weighted by Crippen LogP contribution is -2.32. The van der Waals surface area contributed by atoms with Gasteiger partial charge >= 0.3 is 6.09 Å². The van der Waals surface area contributed by atoms with Gasteiger partial charge in [0.2, 0.25) is 0 Å². The monoisotopic (exact) mass is 323 g/mol. The number of ether oxygens (including phenoxy) is 1. The van der Waals surface area contributed by atoms with E-state index < -0.39 is 11.7 Å². The van der Waals surface area contributed by atoms with E-state index in [1.54, 1.807) is 32.9 Å². The Morgan fingerprint density at radius 3 is 2.46 bits per heavy atom. The van der Waals surface area contributed by atoms with Gasteiger partial charge in [-0.25, -0.2) is 9.48 Å². The van der Waals surface area contributed by atoms with Crippen molar-refractivity contribution in [2.24, 2.45) is 0 Å². The second-order valence-electron chi connectivity index (χ2n) is 6.07. The lowest BCUT2D eigenvalue weighted by atomic mass is 10.2. The molecule has 7 heteroatoms. The second-order valence-corrected chi connectivity index (χ2v) is 6.07. The topological polar surface area (TPSA) is 104 Å². The molecule has 2 rings (SSSR count). The number of nitrogens with one attached hydrogen (secondary N) is 1. The van der Waals surface area contributed by atoms with Crippen LogP contribution < -0.4 is 5.32 Å². The summed E-state index contributed by atoms with van der Waals surface area (Å²) in [4.78, 5) is 11.6. The molecular weight excluding hydrogens is 306 g/mol. The van der Waals surface area contributed by atoms with Crippen molar-refractivity contribution in [1.29, 1.82) is 10.5 Å². The molecule has 0 atom stereocenters. The Balaban J connectivity index is 2.07. The smallest absolute Gasteiger partial charge is 0.407 e. The molecule has 0 unspecified atom stereocenters. The van der Waals surface area contributed by atoms with Crippen LogP contribution >= 0.6 is 0 Å². The maximum atomic E-state index is 11.6. The van der Waals surface area contributed by atoms with Crippen molar-refractivity contribution in [3.8, 4) is 17.8 Å². The Bertz CT molecular complexity index is 817. The molecule has 0 saturated heterocycles.